The number of carbonyl (C=O) groups excluding carboxylic acids is 1. The zero-order chi connectivity index (χ0) is 17.6. The molecule has 2 heterocycles. The molecule has 2 aliphatic heterocycles. The first kappa shape index (κ1) is 16.6. The molecule has 2 N–H and O–H groups in total. The fraction of sp³-hybridized carbons (Fsp3) is 0.467. The van der Waals surface area contributed by atoms with Crippen molar-refractivity contribution >= 4 is 11.9 Å². The van der Waals surface area contributed by atoms with Crippen LogP contribution in [-0.2, 0) is 20.9 Å². The molecule has 2 saturated heterocycles. The smallest absolute Gasteiger partial charge is 0.481 e. The second kappa shape index (κ2) is 5.37. The normalized spacial score (nSPS) is 28.1. The Bertz CT molecular complexity index is 682. The van der Waals surface area contributed by atoms with Crippen LogP contribution >= 0.6 is 0 Å². The van der Waals surface area contributed by atoms with Gasteiger partial charge in [0, 0.05) is 19.4 Å². The Morgan fingerprint density at radius 1 is 1.33 bits per heavy atom. The number of alkyl halides is 3. The van der Waals surface area contributed by atoms with Gasteiger partial charge in [-0.15, -0.1) is 13.2 Å². The van der Waals surface area contributed by atoms with Crippen molar-refractivity contribution in [2.75, 3.05) is 6.61 Å². The molecule has 3 fully saturated rings. The van der Waals surface area contributed by atoms with Crippen molar-refractivity contribution < 1.29 is 37.3 Å². The van der Waals surface area contributed by atoms with Crippen LogP contribution in [0.2, 0.25) is 0 Å². The van der Waals surface area contributed by atoms with Crippen LogP contribution in [-0.4, -0.2) is 35.6 Å². The Morgan fingerprint density at radius 3 is 2.62 bits per heavy atom. The zero-order valence-corrected chi connectivity index (χ0v) is 12.4. The average molecular weight is 345 g/mol. The van der Waals surface area contributed by atoms with Crippen molar-refractivity contribution in [1.29, 1.82) is 0 Å². The maximum Gasteiger partial charge on any atom is 0.573 e. The van der Waals surface area contributed by atoms with Gasteiger partial charge in [-0.3, -0.25) is 9.59 Å². The van der Waals surface area contributed by atoms with E-state index in [1.165, 1.54) is 12.1 Å². The Morgan fingerprint density at radius 2 is 2.04 bits per heavy atom. The predicted molar refractivity (Wildman–Crippen MR) is 73.0 cm³/mol. The van der Waals surface area contributed by atoms with E-state index in [0.29, 0.717) is 5.56 Å². The van der Waals surface area contributed by atoms with Crippen LogP contribution in [0.25, 0.3) is 0 Å². The summed E-state index contributed by atoms with van der Waals surface area (Å²) in [6, 6.07) is 5.25. The van der Waals surface area contributed by atoms with E-state index in [4.69, 9.17) is 9.84 Å². The monoisotopic (exact) mass is 345 g/mol. The SMILES string of the molecule is O=C(O)C12COC(C(=O)NCc3cccc(OC(F)(F)F)c3)(C1)C2. The number of hydrogen-bond acceptors (Lipinski definition) is 4. The molecule has 0 atom stereocenters. The quantitative estimate of drug-likeness (QED) is 0.851. The third-order valence-corrected chi connectivity index (χ3v) is 4.33. The van der Waals surface area contributed by atoms with E-state index in [1.54, 1.807) is 6.07 Å². The molecule has 1 saturated carbocycles. The van der Waals surface area contributed by atoms with Crippen molar-refractivity contribution in [1.82, 2.24) is 5.32 Å². The first-order chi connectivity index (χ1) is 11.1. The molecular weight excluding hydrogens is 331 g/mol. The molecule has 0 unspecified atom stereocenters. The highest BCUT2D eigenvalue weighted by Crippen LogP contribution is 2.58. The number of carbonyl (C=O) groups is 2. The van der Waals surface area contributed by atoms with Gasteiger partial charge in [-0.1, -0.05) is 12.1 Å². The van der Waals surface area contributed by atoms with E-state index < -0.39 is 29.3 Å². The maximum absolute atomic E-state index is 12.2. The Labute approximate surface area is 134 Å². The van der Waals surface area contributed by atoms with Gasteiger partial charge in [0.2, 0.25) is 0 Å². The number of rotatable bonds is 5. The number of aliphatic carboxylic acids is 1. The first-order valence-electron chi connectivity index (χ1n) is 7.15. The molecule has 0 spiro atoms. The number of fused-ring (bicyclic) bond motifs is 1. The van der Waals surface area contributed by atoms with E-state index in [0.717, 1.165) is 6.07 Å². The van der Waals surface area contributed by atoms with Crippen molar-refractivity contribution in [2.24, 2.45) is 5.41 Å². The minimum Gasteiger partial charge on any atom is -0.481 e. The molecule has 1 aromatic carbocycles. The Kier molecular flexibility index (Phi) is 3.71. The Hall–Kier alpha value is -2.29. The average Bonchev–Trinajstić information content (AvgIpc) is 3.00. The second-order valence-corrected chi connectivity index (χ2v) is 6.10. The summed E-state index contributed by atoms with van der Waals surface area (Å²) in [5.74, 6) is -1.82. The largest absolute Gasteiger partial charge is 0.573 e. The number of carboxylic acids is 1. The minimum atomic E-state index is -4.79. The summed E-state index contributed by atoms with van der Waals surface area (Å²) < 4.78 is 45.7. The van der Waals surface area contributed by atoms with Crippen LogP contribution in [0.5, 0.6) is 5.75 Å². The topological polar surface area (TPSA) is 84.9 Å². The molecule has 1 aromatic rings. The molecule has 130 valence electrons. The van der Waals surface area contributed by atoms with Gasteiger partial charge in [0.15, 0.2) is 0 Å². The van der Waals surface area contributed by atoms with Gasteiger partial charge in [0.1, 0.15) is 11.4 Å². The second-order valence-electron chi connectivity index (χ2n) is 6.10. The lowest BCUT2D eigenvalue weighted by atomic mass is 9.62. The number of hydrogen-bond donors (Lipinski definition) is 2. The molecule has 1 amide bonds. The van der Waals surface area contributed by atoms with Gasteiger partial charge in [-0.05, 0) is 17.7 Å². The lowest BCUT2D eigenvalue weighted by Crippen LogP contribution is -2.57. The van der Waals surface area contributed by atoms with Crippen LogP contribution in [0, 0.1) is 5.41 Å². The molecule has 3 aliphatic rings. The Balaban J connectivity index is 1.58. The van der Waals surface area contributed by atoms with Crippen molar-refractivity contribution in [3.8, 4) is 5.75 Å². The molecule has 4 rings (SSSR count). The maximum atomic E-state index is 12.2. The van der Waals surface area contributed by atoms with Crippen LogP contribution in [0.4, 0.5) is 13.2 Å². The number of ether oxygens (including phenoxy) is 2. The standard InChI is InChI=1S/C15H14F3NO5/c16-15(17,18)24-10-3-1-2-9(4-10)5-19-11(20)14-6-13(7-14,8-23-14)12(21)22/h1-4H,5-8H2,(H,19,20)(H,21,22). The zero-order valence-electron chi connectivity index (χ0n) is 12.4. The van der Waals surface area contributed by atoms with Crippen LogP contribution in [0.1, 0.15) is 18.4 Å². The van der Waals surface area contributed by atoms with E-state index >= 15 is 0 Å². The van der Waals surface area contributed by atoms with Crippen LogP contribution in [0.3, 0.4) is 0 Å². The fourth-order valence-corrected chi connectivity index (χ4v) is 3.16. The third kappa shape index (κ3) is 2.91. The first-order valence-corrected chi connectivity index (χ1v) is 7.15. The molecule has 0 aromatic heterocycles. The molecule has 9 heteroatoms. The molecule has 2 bridgehead atoms. The number of benzene rings is 1. The van der Waals surface area contributed by atoms with Crippen LogP contribution in [0.15, 0.2) is 24.3 Å². The van der Waals surface area contributed by atoms with Gasteiger partial charge >= 0.3 is 12.3 Å². The van der Waals surface area contributed by atoms with Gasteiger partial charge in [-0.25, -0.2) is 0 Å². The summed E-state index contributed by atoms with van der Waals surface area (Å²) in [4.78, 5) is 23.4. The van der Waals surface area contributed by atoms with Gasteiger partial charge in [-0.2, -0.15) is 0 Å². The van der Waals surface area contributed by atoms with Crippen LogP contribution < -0.4 is 10.1 Å². The molecule has 6 nitrogen and oxygen atoms in total. The highest BCUT2D eigenvalue weighted by Gasteiger charge is 2.70. The lowest BCUT2D eigenvalue weighted by molar-refractivity contribution is -0.274. The van der Waals surface area contributed by atoms with Gasteiger partial charge < -0.3 is 19.9 Å². The summed E-state index contributed by atoms with van der Waals surface area (Å²) in [7, 11) is 0. The van der Waals surface area contributed by atoms with Gasteiger partial charge in [0.05, 0.1) is 12.0 Å². The fourth-order valence-electron chi connectivity index (χ4n) is 3.16. The van der Waals surface area contributed by atoms with Crippen molar-refractivity contribution in [2.45, 2.75) is 31.3 Å². The molecular formula is C15H14F3NO5. The summed E-state index contributed by atoms with van der Waals surface area (Å²) in [5.41, 5.74) is -1.71. The third-order valence-electron chi connectivity index (χ3n) is 4.33. The molecule has 0 radical (unpaired) electrons. The summed E-state index contributed by atoms with van der Waals surface area (Å²) in [6.45, 7) is -0.0241. The van der Waals surface area contributed by atoms with Crippen molar-refractivity contribution in [3.63, 3.8) is 0 Å². The molecule has 1 aliphatic carbocycles. The van der Waals surface area contributed by atoms with E-state index in [1.807, 2.05) is 0 Å². The van der Waals surface area contributed by atoms with Gasteiger partial charge in [0.25, 0.3) is 5.91 Å². The van der Waals surface area contributed by atoms with Crippen molar-refractivity contribution in [3.05, 3.63) is 29.8 Å². The number of nitrogens with one attached hydrogen (secondary N) is 1. The summed E-state index contributed by atoms with van der Waals surface area (Å²) in [5, 5.41) is 11.7. The highest BCUT2D eigenvalue weighted by molar-refractivity contribution is 5.92. The number of halogens is 3. The lowest BCUT2D eigenvalue weighted by Gasteiger charge is -2.40. The highest BCUT2D eigenvalue weighted by atomic mass is 19.4. The summed E-state index contributed by atoms with van der Waals surface area (Å²) >= 11 is 0. The van der Waals surface area contributed by atoms with E-state index in [2.05, 4.69) is 10.1 Å². The minimum absolute atomic E-state index is 0.00926. The predicted octanol–water partition coefficient (Wildman–Crippen LogP) is 1.84. The number of carboxylic acid groups (broad SMARTS) is 1. The van der Waals surface area contributed by atoms with E-state index in [9.17, 15) is 22.8 Å². The summed E-state index contributed by atoms with van der Waals surface area (Å²) in [6.07, 6.45) is -4.57. The van der Waals surface area contributed by atoms with E-state index in [-0.39, 0.29) is 31.7 Å². The number of amides is 1. The molecule has 24 heavy (non-hydrogen) atoms.